The minimum atomic E-state index is -0.358. The predicted octanol–water partition coefficient (Wildman–Crippen LogP) is 5.02. The van der Waals surface area contributed by atoms with E-state index in [9.17, 15) is 9.59 Å². The second-order valence-corrected chi connectivity index (χ2v) is 7.65. The molecule has 3 N–H and O–H groups in total. The molecular formula is C26H25N3O3. The van der Waals surface area contributed by atoms with Crippen molar-refractivity contribution in [3.63, 3.8) is 0 Å². The smallest absolute Gasteiger partial charge is 0.259 e. The summed E-state index contributed by atoms with van der Waals surface area (Å²) in [6.07, 6.45) is 1.74. The molecule has 32 heavy (non-hydrogen) atoms. The lowest BCUT2D eigenvalue weighted by atomic mass is 10.1. The van der Waals surface area contributed by atoms with Gasteiger partial charge in [0.15, 0.2) is 0 Å². The highest BCUT2D eigenvalue weighted by Crippen LogP contribution is 2.30. The number of amides is 1. The molecule has 6 nitrogen and oxygen atoms in total. The molecule has 0 unspecified atom stereocenters. The average Bonchev–Trinajstić information content (AvgIpc) is 3.07. The maximum Gasteiger partial charge on any atom is 0.259 e. The van der Waals surface area contributed by atoms with E-state index in [0.717, 1.165) is 11.1 Å². The lowest BCUT2D eigenvalue weighted by Crippen LogP contribution is -2.15. The van der Waals surface area contributed by atoms with Gasteiger partial charge in [0.1, 0.15) is 11.4 Å². The van der Waals surface area contributed by atoms with Gasteiger partial charge in [0.05, 0.1) is 23.4 Å². The Kier molecular flexibility index (Phi) is 5.69. The fourth-order valence-corrected chi connectivity index (χ4v) is 3.84. The maximum atomic E-state index is 13.4. The molecule has 0 bridgehead atoms. The van der Waals surface area contributed by atoms with E-state index in [0.29, 0.717) is 29.1 Å². The van der Waals surface area contributed by atoms with Crippen molar-refractivity contribution in [2.45, 2.75) is 20.8 Å². The Bertz CT molecular complexity index is 1320. The summed E-state index contributed by atoms with van der Waals surface area (Å²) in [6.45, 7) is 6.38. The number of hydrogen-bond donors (Lipinski definition) is 2. The second-order valence-electron chi connectivity index (χ2n) is 7.65. The molecule has 0 radical (unpaired) electrons. The Morgan fingerprint density at radius 3 is 2.47 bits per heavy atom. The number of anilines is 2. The molecule has 6 heteroatoms. The van der Waals surface area contributed by atoms with Gasteiger partial charge in [0.25, 0.3) is 5.91 Å². The third-order valence-electron chi connectivity index (χ3n) is 5.38. The number of aromatic nitrogens is 1. The van der Waals surface area contributed by atoms with Gasteiger partial charge in [-0.1, -0.05) is 23.8 Å². The number of nitrogens with two attached hydrogens (primary N) is 1. The lowest BCUT2D eigenvalue weighted by Gasteiger charge is -2.09. The van der Waals surface area contributed by atoms with E-state index in [1.54, 1.807) is 47.0 Å². The molecule has 162 valence electrons. The number of aryl methyl sites for hydroxylation is 2. The largest absolute Gasteiger partial charge is 0.494 e. The number of pyridine rings is 1. The van der Waals surface area contributed by atoms with Crippen LogP contribution in [0.15, 0.2) is 66.9 Å². The van der Waals surface area contributed by atoms with Crippen LogP contribution in [0, 0.1) is 13.8 Å². The standard InChI is InChI=1S/C26H25N3O3/c1-4-32-19-11-9-18(10-12-19)25(30)24-23(27)22(21-7-5-6-14-29(21)24)26(31)28-20-13-8-16(2)15-17(20)3/h5-15H,4,27H2,1-3H3,(H,28,31). The Balaban J connectivity index is 1.76. The van der Waals surface area contributed by atoms with E-state index in [1.165, 1.54) is 0 Å². The van der Waals surface area contributed by atoms with Crippen LogP contribution in [-0.2, 0) is 0 Å². The SMILES string of the molecule is CCOc1ccc(C(=O)c2c(N)c(C(=O)Nc3ccc(C)cc3C)c3ccccn23)cc1. The van der Waals surface area contributed by atoms with Crippen LogP contribution in [-0.4, -0.2) is 22.7 Å². The number of hydrogen-bond acceptors (Lipinski definition) is 4. The van der Waals surface area contributed by atoms with Crippen LogP contribution in [0.5, 0.6) is 5.75 Å². The first-order valence-electron chi connectivity index (χ1n) is 10.5. The van der Waals surface area contributed by atoms with Gasteiger partial charge in [0, 0.05) is 17.4 Å². The van der Waals surface area contributed by atoms with Gasteiger partial charge in [-0.25, -0.2) is 0 Å². The zero-order chi connectivity index (χ0) is 22.8. The zero-order valence-corrected chi connectivity index (χ0v) is 18.3. The Hall–Kier alpha value is -4.06. The van der Waals surface area contributed by atoms with E-state index < -0.39 is 0 Å². The second kappa shape index (κ2) is 8.59. The highest BCUT2D eigenvalue weighted by Gasteiger charge is 2.26. The molecule has 2 aromatic carbocycles. The van der Waals surface area contributed by atoms with Gasteiger partial charge >= 0.3 is 0 Å². The first-order chi connectivity index (χ1) is 15.4. The minimum absolute atomic E-state index is 0.150. The van der Waals surface area contributed by atoms with Crippen molar-refractivity contribution in [3.8, 4) is 5.75 Å². The molecule has 2 aromatic heterocycles. The van der Waals surface area contributed by atoms with Crippen molar-refractivity contribution in [3.05, 3.63) is 94.8 Å². The predicted molar refractivity (Wildman–Crippen MR) is 127 cm³/mol. The van der Waals surface area contributed by atoms with Crippen LogP contribution in [0.4, 0.5) is 11.4 Å². The normalized spacial score (nSPS) is 10.8. The monoisotopic (exact) mass is 427 g/mol. The fourth-order valence-electron chi connectivity index (χ4n) is 3.84. The number of carbonyl (C=O) groups excluding carboxylic acids is 2. The van der Waals surface area contributed by atoms with Crippen molar-refractivity contribution in [2.75, 3.05) is 17.7 Å². The van der Waals surface area contributed by atoms with Crippen LogP contribution in [0.3, 0.4) is 0 Å². The third kappa shape index (κ3) is 3.83. The number of ketones is 1. The Morgan fingerprint density at radius 2 is 1.78 bits per heavy atom. The summed E-state index contributed by atoms with van der Waals surface area (Å²) in [5, 5.41) is 2.94. The Morgan fingerprint density at radius 1 is 1.03 bits per heavy atom. The van der Waals surface area contributed by atoms with Crippen LogP contribution in [0.25, 0.3) is 5.52 Å². The molecule has 2 heterocycles. The van der Waals surface area contributed by atoms with Gasteiger partial charge < -0.3 is 20.2 Å². The van der Waals surface area contributed by atoms with Crippen molar-refractivity contribution in [1.82, 2.24) is 4.40 Å². The number of nitrogens with zero attached hydrogens (tertiary/aromatic N) is 1. The minimum Gasteiger partial charge on any atom is -0.494 e. The van der Waals surface area contributed by atoms with Gasteiger partial charge in [-0.2, -0.15) is 0 Å². The first-order valence-corrected chi connectivity index (χ1v) is 10.5. The number of fused-ring (bicyclic) bond motifs is 1. The van der Waals surface area contributed by atoms with Gasteiger partial charge in [-0.3, -0.25) is 9.59 Å². The highest BCUT2D eigenvalue weighted by molar-refractivity contribution is 6.20. The number of rotatable bonds is 6. The molecule has 0 aliphatic rings. The summed E-state index contributed by atoms with van der Waals surface area (Å²) in [5.41, 5.74) is 10.9. The number of nitrogens with one attached hydrogen (secondary N) is 1. The molecular weight excluding hydrogens is 402 g/mol. The van der Waals surface area contributed by atoms with Crippen LogP contribution >= 0.6 is 0 Å². The third-order valence-corrected chi connectivity index (χ3v) is 5.38. The molecule has 1 amide bonds. The highest BCUT2D eigenvalue weighted by atomic mass is 16.5. The average molecular weight is 428 g/mol. The topological polar surface area (TPSA) is 85.8 Å². The number of benzene rings is 2. The molecule has 0 saturated heterocycles. The summed E-state index contributed by atoms with van der Waals surface area (Å²) in [7, 11) is 0. The van der Waals surface area contributed by atoms with Crippen molar-refractivity contribution in [2.24, 2.45) is 0 Å². The van der Waals surface area contributed by atoms with E-state index in [1.807, 2.05) is 45.0 Å². The fraction of sp³-hybridized carbons (Fsp3) is 0.154. The summed E-state index contributed by atoms with van der Waals surface area (Å²) in [4.78, 5) is 26.6. The van der Waals surface area contributed by atoms with E-state index in [2.05, 4.69) is 5.32 Å². The number of ether oxygens (including phenoxy) is 1. The molecule has 0 saturated carbocycles. The van der Waals surface area contributed by atoms with Crippen molar-refractivity contribution in [1.29, 1.82) is 0 Å². The quantitative estimate of drug-likeness (QED) is 0.423. The van der Waals surface area contributed by atoms with Gasteiger partial charge in [0.2, 0.25) is 5.78 Å². The number of nitrogen functional groups attached to an aromatic ring is 1. The van der Waals surface area contributed by atoms with Crippen LogP contribution in [0.2, 0.25) is 0 Å². The maximum absolute atomic E-state index is 13.4. The molecule has 4 aromatic rings. The molecule has 0 aliphatic carbocycles. The molecule has 0 atom stereocenters. The summed E-state index contributed by atoms with van der Waals surface area (Å²) < 4.78 is 7.13. The van der Waals surface area contributed by atoms with Crippen LogP contribution in [0.1, 0.15) is 44.5 Å². The van der Waals surface area contributed by atoms with E-state index >= 15 is 0 Å². The summed E-state index contributed by atoms with van der Waals surface area (Å²) in [5.74, 6) is 0.0618. The Labute approximate surface area is 186 Å². The zero-order valence-electron chi connectivity index (χ0n) is 18.3. The van der Waals surface area contributed by atoms with E-state index in [-0.39, 0.29) is 28.6 Å². The molecule has 4 rings (SSSR count). The number of carbonyl (C=O) groups is 2. The summed E-state index contributed by atoms with van der Waals surface area (Å²) >= 11 is 0. The van der Waals surface area contributed by atoms with Gasteiger partial charge in [-0.15, -0.1) is 0 Å². The first kappa shape index (κ1) is 21.2. The van der Waals surface area contributed by atoms with Crippen molar-refractivity contribution < 1.29 is 14.3 Å². The van der Waals surface area contributed by atoms with Crippen molar-refractivity contribution >= 4 is 28.6 Å². The molecule has 0 spiro atoms. The summed E-state index contributed by atoms with van der Waals surface area (Å²) in [6, 6.07) is 18.1. The lowest BCUT2D eigenvalue weighted by molar-refractivity contribution is 0.102. The van der Waals surface area contributed by atoms with Crippen LogP contribution < -0.4 is 15.8 Å². The van der Waals surface area contributed by atoms with E-state index in [4.69, 9.17) is 10.5 Å². The molecule has 0 aliphatic heterocycles. The van der Waals surface area contributed by atoms with Gasteiger partial charge in [-0.05, 0) is 68.8 Å². The molecule has 0 fully saturated rings.